The van der Waals surface area contributed by atoms with E-state index in [1.807, 2.05) is 12.4 Å². The highest BCUT2D eigenvalue weighted by molar-refractivity contribution is 5.51. The predicted octanol–water partition coefficient (Wildman–Crippen LogP) is 3.74. The predicted molar refractivity (Wildman–Crippen MR) is 74.7 cm³/mol. The minimum Gasteiger partial charge on any atom is -0.379 e. The van der Waals surface area contributed by atoms with E-state index in [0.29, 0.717) is 6.04 Å². The molecule has 1 aromatic carbocycles. The van der Waals surface area contributed by atoms with Crippen LogP contribution in [0.3, 0.4) is 0 Å². The fraction of sp³-hybridized carbons (Fsp3) is 0.312. The number of nitrogens with zero attached hydrogens (tertiary/aromatic N) is 1. The molecule has 1 unspecified atom stereocenters. The Hall–Kier alpha value is -1.83. The van der Waals surface area contributed by atoms with Crippen LogP contribution in [0.4, 0.5) is 5.69 Å². The Balaban J connectivity index is 1.77. The van der Waals surface area contributed by atoms with Crippen LogP contribution in [-0.2, 0) is 12.8 Å². The van der Waals surface area contributed by atoms with Gasteiger partial charge in [-0.25, -0.2) is 0 Å². The minimum atomic E-state index is 0.312. The van der Waals surface area contributed by atoms with Gasteiger partial charge in [-0.15, -0.1) is 0 Å². The first-order chi connectivity index (χ1) is 8.83. The number of aryl methyl sites for hydroxylation is 2. The zero-order valence-electron chi connectivity index (χ0n) is 10.7. The van der Waals surface area contributed by atoms with E-state index in [4.69, 9.17) is 0 Å². The standard InChI is InChI=1S/C16H18N2/c1-12(13-7-9-17-10-8-13)18-16-6-5-14-3-2-4-15(14)11-16/h5-12,18H,2-4H2,1H3. The van der Waals surface area contributed by atoms with Crippen molar-refractivity contribution in [3.05, 3.63) is 59.4 Å². The zero-order chi connectivity index (χ0) is 12.4. The van der Waals surface area contributed by atoms with E-state index < -0.39 is 0 Å². The first kappa shape index (κ1) is 11.3. The van der Waals surface area contributed by atoms with Gasteiger partial charge in [-0.1, -0.05) is 6.07 Å². The van der Waals surface area contributed by atoms with Crippen LogP contribution in [-0.4, -0.2) is 4.98 Å². The highest BCUT2D eigenvalue weighted by Crippen LogP contribution is 2.26. The molecule has 2 heteroatoms. The molecule has 1 aliphatic carbocycles. The Morgan fingerprint density at radius 3 is 2.67 bits per heavy atom. The van der Waals surface area contributed by atoms with Gasteiger partial charge in [0.1, 0.15) is 0 Å². The van der Waals surface area contributed by atoms with Crippen molar-refractivity contribution in [3.8, 4) is 0 Å². The van der Waals surface area contributed by atoms with Gasteiger partial charge in [0.15, 0.2) is 0 Å². The molecule has 2 aromatic rings. The number of aromatic nitrogens is 1. The molecule has 1 N–H and O–H groups in total. The molecule has 3 rings (SSSR count). The summed E-state index contributed by atoms with van der Waals surface area (Å²) in [5.41, 5.74) is 5.53. The summed E-state index contributed by atoms with van der Waals surface area (Å²) >= 11 is 0. The monoisotopic (exact) mass is 238 g/mol. The van der Waals surface area contributed by atoms with E-state index in [-0.39, 0.29) is 0 Å². The molecule has 0 fully saturated rings. The van der Waals surface area contributed by atoms with Crippen molar-refractivity contribution in [3.63, 3.8) is 0 Å². The van der Waals surface area contributed by atoms with Crippen LogP contribution < -0.4 is 5.32 Å². The van der Waals surface area contributed by atoms with Gasteiger partial charge in [0.25, 0.3) is 0 Å². The minimum absolute atomic E-state index is 0.312. The zero-order valence-corrected chi connectivity index (χ0v) is 10.7. The lowest BCUT2D eigenvalue weighted by atomic mass is 10.1. The maximum atomic E-state index is 4.05. The molecule has 0 amide bonds. The molecule has 92 valence electrons. The molecule has 0 saturated heterocycles. The number of pyridine rings is 1. The molecule has 1 aromatic heterocycles. The number of anilines is 1. The number of hydrogen-bond donors (Lipinski definition) is 1. The average molecular weight is 238 g/mol. The lowest BCUT2D eigenvalue weighted by Crippen LogP contribution is -2.06. The first-order valence-electron chi connectivity index (χ1n) is 6.61. The quantitative estimate of drug-likeness (QED) is 0.881. The van der Waals surface area contributed by atoms with E-state index in [9.17, 15) is 0 Å². The molecule has 1 atom stereocenters. The summed E-state index contributed by atoms with van der Waals surface area (Å²) in [4.78, 5) is 4.05. The van der Waals surface area contributed by atoms with Gasteiger partial charge in [-0.3, -0.25) is 4.98 Å². The Kier molecular flexibility index (Phi) is 3.01. The maximum Gasteiger partial charge on any atom is 0.0486 e. The summed E-state index contributed by atoms with van der Waals surface area (Å²) in [6.07, 6.45) is 7.47. The third-order valence-electron chi connectivity index (χ3n) is 3.69. The molecule has 1 aliphatic rings. The SMILES string of the molecule is CC(Nc1ccc2c(c1)CCC2)c1ccncc1. The molecule has 0 bridgehead atoms. The highest BCUT2D eigenvalue weighted by Gasteiger charge is 2.11. The molecule has 0 spiro atoms. The van der Waals surface area contributed by atoms with Crippen molar-refractivity contribution < 1.29 is 0 Å². The maximum absolute atomic E-state index is 4.05. The van der Waals surface area contributed by atoms with Gasteiger partial charge in [0, 0.05) is 24.1 Å². The Bertz CT molecular complexity index is 534. The highest BCUT2D eigenvalue weighted by atomic mass is 14.9. The summed E-state index contributed by atoms with van der Waals surface area (Å²) in [5, 5.41) is 3.56. The average Bonchev–Trinajstić information content (AvgIpc) is 2.87. The van der Waals surface area contributed by atoms with Crippen molar-refractivity contribution in [2.24, 2.45) is 0 Å². The van der Waals surface area contributed by atoms with Crippen molar-refractivity contribution in [2.75, 3.05) is 5.32 Å². The van der Waals surface area contributed by atoms with Gasteiger partial charge < -0.3 is 5.32 Å². The van der Waals surface area contributed by atoms with E-state index in [2.05, 4.69) is 47.6 Å². The summed E-state index contributed by atoms with van der Waals surface area (Å²) in [7, 11) is 0. The number of hydrogen-bond acceptors (Lipinski definition) is 2. The van der Waals surface area contributed by atoms with Crippen molar-refractivity contribution in [1.29, 1.82) is 0 Å². The third kappa shape index (κ3) is 2.23. The van der Waals surface area contributed by atoms with Crippen molar-refractivity contribution in [2.45, 2.75) is 32.2 Å². The lowest BCUT2D eigenvalue weighted by Gasteiger charge is -2.16. The largest absolute Gasteiger partial charge is 0.379 e. The number of rotatable bonds is 3. The number of benzene rings is 1. The van der Waals surface area contributed by atoms with Crippen LogP contribution in [0, 0.1) is 0 Å². The molecule has 1 heterocycles. The van der Waals surface area contributed by atoms with Crippen LogP contribution in [0.15, 0.2) is 42.7 Å². The van der Waals surface area contributed by atoms with Gasteiger partial charge in [0.05, 0.1) is 0 Å². The van der Waals surface area contributed by atoms with Crippen LogP contribution in [0.1, 0.15) is 36.1 Å². The Morgan fingerprint density at radius 2 is 1.83 bits per heavy atom. The Labute approximate surface area is 108 Å². The van der Waals surface area contributed by atoms with Crippen LogP contribution >= 0.6 is 0 Å². The van der Waals surface area contributed by atoms with E-state index in [1.165, 1.54) is 41.6 Å². The van der Waals surface area contributed by atoms with E-state index >= 15 is 0 Å². The normalized spacial score (nSPS) is 15.2. The molecular formula is C16H18N2. The summed E-state index contributed by atoms with van der Waals surface area (Å²) < 4.78 is 0. The number of fused-ring (bicyclic) bond motifs is 1. The van der Waals surface area contributed by atoms with Gasteiger partial charge in [-0.05, 0) is 67.1 Å². The lowest BCUT2D eigenvalue weighted by molar-refractivity contribution is 0.880. The Morgan fingerprint density at radius 1 is 1.06 bits per heavy atom. The van der Waals surface area contributed by atoms with E-state index in [1.54, 1.807) is 0 Å². The van der Waals surface area contributed by atoms with Crippen LogP contribution in [0.2, 0.25) is 0 Å². The smallest absolute Gasteiger partial charge is 0.0486 e. The van der Waals surface area contributed by atoms with Gasteiger partial charge >= 0.3 is 0 Å². The number of nitrogens with one attached hydrogen (secondary N) is 1. The molecule has 0 aliphatic heterocycles. The molecular weight excluding hydrogens is 220 g/mol. The summed E-state index contributed by atoms with van der Waals surface area (Å²) in [5.74, 6) is 0. The van der Waals surface area contributed by atoms with E-state index in [0.717, 1.165) is 0 Å². The van der Waals surface area contributed by atoms with Gasteiger partial charge in [-0.2, -0.15) is 0 Å². The van der Waals surface area contributed by atoms with Gasteiger partial charge in [0.2, 0.25) is 0 Å². The molecule has 18 heavy (non-hydrogen) atoms. The second-order valence-corrected chi connectivity index (χ2v) is 4.98. The molecule has 0 radical (unpaired) electrons. The first-order valence-corrected chi connectivity index (χ1v) is 6.61. The summed E-state index contributed by atoms with van der Waals surface area (Å²) in [6, 6.07) is 11.2. The second-order valence-electron chi connectivity index (χ2n) is 4.98. The molecule has 2 nitrogen and oxygen atoms in total. The van der Waals surface area contributed by atoms with Crippen molar-refractivity contribution >= 4 is 5.69 Å². The third-order valence-corrected chi connectivity index (χ3v) is 3.69. The van der Waals surface area contributed by atoms with Crippen LogP contribution in [0.25, 0.3) is 0 Å². The molecule has 0 saturated carbocycles. The summed E-state index contributed by atoms with van der Waals surface area (Å²) in [6.45, 7) is 2.18. The fourth-order valence-corrected chi connectivity index (χ4v) is 2.65. The van der Waals surface area contributed by atoms with Crippen molar-refractivity contribution in [1.82, 2.24) is 4.98 Å². The fourth-order valence-electron chi connectivity index (χ4n) is 2.65. The second kappa shape index (κ2) is 4.81. The topological polar surface area (TPSA) is 24.9 Å². The van der Waals surface area contributed by atoms with Crippen LogP contribution in [0.5, 0.6) is 0 Å².